The molecule has 1 nitrogen and oxygen atoms in total. The standard InChI is InChI=1S/C12H26NSi/c1-12(2)11-13(3,4)9-8-10-14(5,6)7/h8,10-11H,9H2,1-7H3/q+1/b10-8+. The molecule has 0 heterocycles. The molecular weight excluding hydrogens is 186 g/mol. The fourth-order valence-electron chi connectivity index (χ4n) is 1.43. The fourth-order valence-corrected chi connectivity index (χ4v) is 2.24. The van der Waals surface area contributed by atoms with Gasteiger partial charge in [-0.25, -0.2) is 0 Å². The van der Waals surface area contributed by atoms with Gasteiger partial charge in [0.1, 0.15) is 6.54 Å². The number of hydrogen-bond donors (Lipinski definition) is 0. The van der Waals surface area contributed by atoms with E-state index >= 15 is 0 Å². The van der Waals surface area contributed by atoms with Crippen molar-refractivity contribution < 1.29 is 4.48 Å². The fraction of sp³-hybridized carbons (Fsp3) is 0.667. The van der Waals surface area contributed by atoms with Gasteiger partial charge in [0, 0.05) is 0 Å². The van der Waals surface area contributed by atoms with Gasteiger partial charge in [-0.05, 0) is 25.5 Å². The number of nitrogens with zero attached hydrogens (tertiary/aromatic N) is 1. The molecule has 0 N–H and O–H groups in total. The number of hydrogen-bond acceptors (Lipinski definition) is 0. The summed E-state index contributed by atoms with van der Waals surface area (Å²) in [4.78, 5) is 0. The Morgan fingerprint density at radius 1 is 1.14 bits per heavy atom. The minimum absolute atomic E-state index is 0.948. The Balaban J connectivity index is 4.26. The third-order valence-corrected chi connectivity index (χ3v) is 3.04. The Hall–Kier alpha value is -0.343. The summed E-state index contributed by atoms with van der Waals surface area (Å²) in [5.74, 6) is 0. The average molecular weight is 212 g/mol. The molecule has 0 saturated heterocycles. The van der Waals surface area contributed by atoms with Crippen LogP contribution in [0.2, 0.25) is 19.6 Å². The number of quaternary nitrogens is 1. The van der Waals surface area contributed by atoms with E-state index in [4.69, 9.17) is 0 Å². The van der Waals surface area contributed by atoms with E-state index in [9.17, 15) is 0 Å². The van der Waals surface area contributed by atoms with E-state index in [1.54, 1.807) is 0 Å². The van der Waals surface area contributed by atoms with Crippen molar-refractivity contribution in [2.24, 2.45) is 0 Å². The van der Waals surface area contributed by atoms with Crippen molar-refractivity contribution in [1.82, 2.24) is 0 Å². The predicted octanol–water partition coefficient (Wildman–Crippen LogP) is 3.42. The molecule has 0 amide bonds. The van der Waals surface area contributed by atoms with Crippen LogP contribution in [0.15, 0.2) is 23.5 Å². The van der Waals surface area contributed by atoms with Crippen molar-refractivity contribution in [2.75, 3.05) is 20.6 Å². The number of allylic oxidation sites excluding steroid dienone is 1. The van der Waals surface area contributed by atoms with Gasteiger partial charge in [-0.1, -0.05) is 25.3 Å². The molecular formula is C12H26NSi+. The quantitative estimate of drug-likeness (QED) is 0.495. The van der Waals surface area contributed by atoms with Gasteiger partial charge in [-0.2, -0.15) is 0 Å². The molecule has 0 unspecified atom stereocenters. The zero-order valence-corrected chi connectivity index (χ0v) is 11.9. The van der Waals surface area contributed by atoms with Crippen LogP contribution in [-0.4, -0.2) is 33.2 Å². The van der Waals surface area contributed by atoms with Crippen LogP contribution in [0.4, 0.5) is 0 Å². The predicted molar refractivity (Wildman–Crippen MR) is 68.9 cm³/mol. The van der Waals surface area contributed by atoms with Crippen molar-refractivity contribution in [2.45, 2.75) is 33.5 Å². The summed E-state index contributed by atoms with van der Waals surface area (Å²) in [5, 5.41) is 0. The molecule has 0 saturated carbocycles. The molecule has 0 aliphatic heterocycles. The Morgan fingerprint density at radius 2 is 1.64 bits per heavy atom. The molecule has 0 radical (unpaired) electrons. The van der Waals surface area contributed by atoms with E-state index in [1.165, 1.54) is 5.57 Å². The van der Waals surface area contributed by atoms with Gasteiger partial charge < -0.3 is 0 Å². The lowest BCUT2D eigenvalue weighted by Crippen LogP contribution is -2.34. The maximum atomic E-state index is 2.42. The first-order chi connectivity index (χ1) is 6.12. The van der Waals surface area contributed by atoms with Crippen LogP contribution in [0.1, 0.15) is 13.8 Å². The van der Waals surface area contributed by atoms with E-state index in [0.29, 0.717) is 0 Å². The second kappa shape index (κ2) is 4.94. The summed E-state index contributed by atoms with van der Waals surface area (Å²) in [6.07, 6.45) is 4.64. The molecule has 0 fully saturated rings. The minimum atomic E-state index is -1.01. The Morgan fingerprint density at radius 3 is 2.00 bits per heavy atom. The summed E-state index contributed by atoms with van der Waals surface area (Å²) >= 11 is 0. The molecule has 14 heavy (non-hydrogen) atoms. The Kier molecular flexibility index (Phi) is 4.82. The van der Waals surface area contributed by atoms with Crippen molar-refractivity contribution in [3.63, 3.8) is 0 Å². The first-order valence-corrected chi connectivity index (χ1v) is 8.87. The molecule has 0 bridgehead atoms. The normalized spacial score (nSPS) is 13.4. The van der Waals surface area contributed by atoms with Crippen molar-refractivity contribution in [3.8, 4) is 0 Å². The third-order valence-electron chi connectivity index (χ3n) is 1.80. The van der Waals surface area contributed by atoms with Crippen LogP contribution in [-0.2, 0) is 0 Å². The van der Waals surface area contributed by atoms with Crippen LogP contribution < -0.4 is 0 Å². The van der Waals surface area contributed by atoms with E-state index in [1.807, 2.05) is 0 Å². The maximum Gasteiger partial charge on any atom is 0.101 e. The molecule has 0 spiro atoms. The maximum absolute atomic E-state index is 2.42. The lowest BCUT2D eigenvalue weighted by Gasteiger charge is -2.24. The van der Waals surface area contributed by atoms with Gasteiger partial charge >= 0.3 is 0 Å². The lowest BCUT2D eigenvalue weighted by atomic mass is 10.3. The largest absolute Gasteiger partial charge is 0.299 e. The number of rotatable bonds is 4. The molecule has 0 aliphatic rings. The lowest BCUT2D eigenvalue weighted by molar-refractivity contribution is -0.832. The summed E-state index contributed by atoms with van der Waals surface area (Å²) in [7, 11) is 3.47. The van der Waals surface area contributed by atoms with E-state index in [0.717, 1.165) is 11.0 Å². The molecule has 0 rings (SSSR count). The zero-order valence-electron chi connectivity index (χ0n) is 10.9. The number of likely N-dealkylation sites (N-methyl/N-ethyl adjacent to an activating group) is 1. The third kappa shape index (κ3) is 8.26. The van der Waals surface area contributed by atoms with Crippen molar-refractivity contribution >= 4 is 8.07 Å². The highest BCUT2D eigenvalue weighted by Gasteiger charge is 2.11. The van der Waals surface area contributed by atoms with Crippen LogP contribution in [0.25, 0.3) is 0 Å². The molecule has 0 aliphatic carbocycles. The molecule has 0 aromatic rings. The van der Waals surface area contributed by atoms with Gasteiger partial charge in [0.2, 0.25) is 0 Å². The highest BCUT2D eigenvalue weighted by atomic mass is 28.3. The average Bonchev–Trinajstić information content (AvgIpc) is 1.78. The Labute approximate surface area is 90.7 Å². The van der Waals surface area contributed by atoms with Gasteiger partial charge in [-0.15, -0.1) is 0 Å². The first kappa shape index (κ1) is 13.7. The molecule has 2 heteroatoms. The van der Waals surface area contributed by atoms with E-state index in [2.05, 4.69) is 65.6 Å². The van der Waals surface area contributed by atoms with Gasteiger partial charge in [-0.3, -0.25) is 4.48 Å². The summed E-state index contributed by atoms with van der Waals surface area (Å²) < 4.78 is 0.948. The monoisotopic (exact) mass is 212 g/mol. The molecule has 0 atom stereocenters. The summed E-state index contributed by atoms with van der Waals surface area (Å²) in [6, 6.07) is 0. The second-order valence-electron chi connectivity index (χ2n) is 5.94. The van der Waals surface area contributed by atoms with Gasteiger partial charge in [0.15, 0.2) is 0 Å². The smallest absolute Gasteiger partial charge is 0.101 e. The second-order valence-corrected chi connectivity index (χ2v) is 11.0. The van der Waals surface area contributed by atoms with E-state index < -0.39 is 8.07 Å². The van der Waals surface area contributed by atoms with E-state index in [-0.39, 0.29) is 0 Å². The minimum Gasteiger partial charge on any atom is -0.299 e. The topological polar surface area (TPSA) is 0 Å². The highest BCUT2D eigenvalue weighted by Crippen LogP contribution is 2.06. The van der Waals surface area contributed by atoms with Crippen molar-refractivity contribution in [3.05, 3.63) is 23.5 Å². The summed E-state index contributed by atoms with van der Waals surface area (Å²) in [6.45, 7) is 12.5. The van der Waals surface area contributed by atoms with Crippen LogP contribution >= 0.6 is 0 Å². The molecule has 0 aromatic heterocycles. The summed E-state index contributed by atoms with van der Waals surface area (Å²) in [5.41, 5.74) is 3.81. The first-order valence-electron chi connectivity index (χ1n) is 5.29. The van der Waals surface area contributed by atoms with Crippen LogP contribution in [0.5, 0.6) is 0 Å². The SMILES string of the molecule is CC(C)=C[N+](C)(C)C/C=C/[Si](C)(C)C. The molecule has 82 valence electrons. The van der Waals surface area contributed by atoms with Gasteiger partial charge in [0.05, 0.1) is 28.4 Å². The van der Waals surface area contributed by atoms with Crippen LogP contribution in [0, 0.1) is 0 Å². The zero-order chi connectivity index (χ0) is 11.4. The Bertz CT molecular complexity index is 227. The van der Waals surface area contributed by atoms with Crippen molar-refractivity contribution in [1.29, 1.82) is 0 Å². The molecule has 0 aromatic carbocycles. The van der Waals surface area contributed by atoms with Gasteiger partial charge in [0.25, 0.3) is 0 Å². The highest BCUT2D eigenvalue weighted by molar-refractivity contribution is 6.80. The van der Waals surface area contributed by atoms with Crippen LogP contribution in [0.3, 0.4) is 0 Å².